The van der Waals surface area contributed by atoms with Crippen LogP contribution in [0, 0.1) is 12.8 Å². The van der Waals surface area contributed by atoms with Crippen molar-refractivity contribution in [3.8, 4) is 11.5 Å². The Morgan fingerprint density at radius 3 is 2.50 bits per heavy atom. The molecule has 1 heterocycles. The maximum Gasteiger partial charge on any atom is 0.573 e. The van der Waals surface area contributed by atoms with Crippen molar-refractivity contribution in [1.29, 1.82) is 0 Å². The van der Waals surface area contributed by atoms with Crippen molar-refractivity contribution >= 4 is 11.7 Å². The van der Waals surface area contributed by atoms with E-state index in [-0.39, 0.29) is 55.3 Å². The second-order valence-corrected chi connectivity index (χ2v) is 7.47. The number of aliphatic hydroxyl groups is 1. The molecule has 0 aliphatic rings. The van der Waals surface area contributed by atoms with Gasteiger partial charge in [-0.1, -0.05) is 19.9 Å². The number of alkyl halides is 3. The van der Waals surface area contributed by atoms with Crippen LogP contribution in [0.25, 0.3) is 0 Å². The Morgan fingerprint density at radius 1 is 1.21 bits per heavy atom. The molecule has 34 heavy (non-hydrogen) atoms. The fourth-order valence-electron chi connectivity index (χ4n) is 2.95. The van der Waals surface area contributed by atoms with Gasteiger partial charge in [-0.15, -0.1) is 13.2 Å². The van der Waals surface area contributed by atoms with Gasteiger partial charge in [-0.2, -0.15) is 4.99 Å². The van der Waals surface area contributed by atoms with Gasteiger partial charge >= 0.3 is 12.1 Å². The molecule has 0 aliphatic heterocycles. The van der Waals surface area contributed by atoms with E-state index in [0.717, 1.165) is 16.7 Å². The van der Waals surface area contributed by atoms with Crippen molar-refractivity contribution in [1.82, 2.24) is 9.13 Å². The first kappa shape index (κ1) is 27.1. The van der Waals surface area contributed by atoms with Gasteiger partial charge in [0.15, 0.2) is 5.90 Å². The van der Waals surface area contributed by atoms with Crippen LogP contribution in [0.2, 0.25) is 0 Å². The molecule has 1 aromatic carbocycles. The first-order valence-electron chi connectivity index (χ1n) is 10.6. The van der Waals surface area contributed by atoms with E-state index >= 15 is 0 Å². The molecule has 9 nitrogen and oxygen atoms in total. The monoisotopic (exact) mass is 487 g/mol. The highest BCUT2D eigenvalue weighted by Gasteiger charge is 2.31. The Bertz CT molecular complexity index is 1090. The van der Waals surface area contributed by atoms with E-state index in [4.69, 9.17) is 14.6 Å². The van der Waals surface area contributed by atoms with Gasteiger partial charge in [-0.05, 0) is 25.5 Å². The molecule has 188 valence electrons. The fourth-order valence-corrected chi connectivity index (χ4v) is 2.95. The first-order valence-corrected chi connectivity index (χ1v) is 10.6. The third-order valence-corrected chi connectivity index (χ3v) is 4.94. The van der Waals surface area contributed by atoms with Gasteiger partial charge in [0.1, 0.15) is 17.3 Å². The van der Waals surface area contributed by atoms with Crippen LogP contribution >= 0.6 is 0 Å². The minimum atomic E-state index is -4.85. The lowest BCUT2D eigenvalue weighted by Crippen LogP contribution is -2.41. The third-order valence-electron chi connectivity index (χ3n) is 4.94. The zero-order valence-electron chi connectivity index (χ0n) is 19.4. The standard InChI is InChI=1S/C22H28F3N3O6/c1-5-14(2)19(33-16-7-6-8-17(13-16)34-22(23,24)25)26-18-15(3)20(30)28(21(31)27(18)4)9-11-32-12-10-29/h6-8,13-14,29H,5,9-12H2,1-4H3/b26-19+. The van der Waals surface area contributed by atoms with E-state index in [1.54, 1.807) is 6.92 Å². The number of aliphatic hydroxyl groups excluding tert-OH is 1. The van der Waals surface area contributed by atoms with Crippen LogP contribution in [0.4, 0.5) is 19.0 Å². The second-order valence-electron chi connectivity index (χ2n) is 7.47. The quantitative estimate of drug-likeness (QED) is 0.314. The molecule has 0 saturated carbocycles. The highest BCUT2D eigenvalue weighted by molar-refractivity contribution is 5.83. The maximum atomic E-state index is 12.8. The van der Waals surface area contributed by atoms with Crippen LogP contribution < -0.4 is 20.7 Å². The average molecular weight is 487 g/mol. The summed E-state index contributed by atoms with van der Waals surface area (Å²) in [6.45, 7) is 5.14. The molecule has 12 heteroatoms. The summed E-state index contributed by atoms with van der Waals surface area (Å²) < 4.78 is 54.7. The lowest BCUT2D eigenvalue weighted by Gasteiger charge is -2.17. The van der Waals surface area contributed by atoms with E-state index in [1.165, 1.54) is 30.7 Å². The SMILES string of the molecule is CCC(C)/C(=N\c1c(C)c(=O)n(CCOCCO)c(=O)n1C)Oc1cccc(OC(F)(F)F)c1. The van der Waals surface area contributed by atoms with E-state index in [2.05, 4.69) is 9.73 Å². The van der Waals surface area contributed by atoms with Crippen molar-refractivity contribution in [2.75, 3.05) is 19.8 Å². The number of benzene rings is 1. The Hall–Kier alpha value is -3.12. The van der Waals surface area contributed by atoms with Crippen LogP contribution in [0.1, 0.15) is 25.8 Å². The summed E-state index contributed by atoms with van der Waals surface area (Å²) in [7, 11) is 1.45. The Morgan fingerprint density at radius 2 is 1.88 bits per heavy atom. The number of aliphatic imine (C=N–C) groups is 1. The number of halogens is 3. The number of ether oxygens (including phenoxy) is 3. The maximum absolute atomic E-state index is 12.8. The summed E-state index contributed by atoms with van der Waals surface area (Å²) in [5, 5.41) is 8.77. The van der Waals surface area contributed by atoms with Crippen molar-refractivity contribution in [2.24, 2.45) is 18.0 Å². The van der Waals surface area contributed by atoms with E-state index < -0.39 is 23.4 Å². The summed E-state index contributed by atoms with van der Waals surface area (Å²) in [6, 6.07) is 4.99. The summed E-state index contributed by atoms with van der Waals surface area (Å²) >= 11 is 0. The average Bonchev–Trinajstić information content (AvgIpc) is 2.78. The lowest BCUT2D eigenvalue weighted by atomic mass is 10.1. The van der Waals surface area contributed by atoms with E-state index in [1.807, 2.05) is 6.92 Å². The van der Waals surface area contributed by atoms with Gasteiger partial charge in [-0.3, -0.25) is 13.9 Å². The molecule has 0 fully saturated rings. The van der Waals surface area contributed by atoms with Crippen LogP contribution in [0.15, 0.2) is 38.8 Å². The summed E-state index contributed by atoms with van der Waals surface area (Å²) in [6.07, 6.45) is -4.28. The predicted molar refractivity (Wildman–Crippen MR) is 119 cm³/mol. The number of hydrogen-bond acceptors (Lipinski definition) is 7. The molecule has 0 saturated heterocycles. The molecule has 2 aromatic rings. The van der Waals surface area contributed by atoms with Crippen LogP contribution in [-0.2, 0) is 18.3 Å². The van der Waals surface area contributed by atoms with Crippen molar-refractivity contribution in [3.63, 3.8) is 0 Å². The topological polar surface area (TPSA) is 104 Å². The van der Waals surface area contributed by atoms with E-state index in [0.29, 0.717) is 6.42 Å². The molecule has 2 rings (SSSR count). The zero-order valence-corrected chi connectivity index (χ0v) is 19.4. The molecular formula is C22H28F3N3O6. The first-order chi connectivity index (χ1) is 16.0. The molecular weight excluding hydrogens is 459 g/mol. The summed E-state index contributed by atoms with van der Waals surface area (Å²) in [5.41, 5.74) is -0.993. The second kappa shape index (κ2) is 11.8. The molecule has 1 N–H and O–H groups in total. The normalized spacial score (nSPS) is 13.1. The molecule has 0 spiro atoms. The molecule has 0 amide bonds. The van der Waals surface area contributed by atoms with Gasteiger partial charge in [-0.25, -0.2) is 4.79 Å². The van der Waals surface area contributed by atoms with Crippen molar-refractivity contribution < 1.29 is 32.5 Å². The Labute approximate surface area is 194 Å². The van der Waals surface area contributed by atoms with Gasteiger partial charge in [0.2, 0.25) is 0 Å². The third kappa shape index (κ3) is 7.19. The minimum absolute atomic E-state index is 0.00292. The lowest BCUT2D eigenvalue weighted by molar-refractivity contribution is -0.274. The molecule has 0 bridgehead atoms. The van der Waals surface area contributed by atoms with E-state index in [9.17, 15) is 22.8 Å². The predicted octanol–water partition coefficient (Wildman–Crippen LogP) is 2.92. The number of aromatic nitrogens is 2. The summed E-state index contributed by atoms with van der Waals surface area (Å²) in [4.78, 5) is 30.0. The Kier molecular flexibility index (Phi) is 9.45. The largest absolute Gasteiger partial charge is 0.573 e. The number of hydrogen-bond donors (Lipinski definition) is 1. The minimum Gasteiger partial charge on any atom is -0.442 e. The molecule has 1 aromatic heterocycles. The number of nitrogens with zero attached hydrogens (tertiary/aromatic N) is 3. The number of rotatable bonds is 10. The van der Waals surface area contributed by atoms with Gasteiger partial charge in [0, 0.05) is 19.0 Å². The molecule has 1 unspecified atom stereocenters. The Balaban J connectivity index is 2.45. The zero-order chi connectivity index (χ0) is 25.5. The van der Waals surface area contributed by atoms with Gasteiger partial charge in [0.05, 0.1) is 31.9 Å². The molecule has 1 atom stereocenters. The van der Waals surface area contributed by atoms with Crippen LogP contribution in [-0.4, -0.2) is 46.3 Å². The smallest absolute Gasteiger partial charge is 0.442 e. The van der Waals surface area contributed by atoms with Crippen molar-refractivity contribution in [2.45, 2.75) is 40.1 Å². The highest BCUT2D eigenvalue weighted by atomic mass is 19.4. The fraction of sp³-hybridized carbons (Fsp3) is 0.500. The van der Waals surface area contributed by atoms with Crippen molar-refractivity contribution in [3.05, 3.63) is 50.7 Å². The van der Waals surface area contributed by atoms with Gasteiger partial charge < -0.3 is 19.3 Å². The van der Waals surface area contributed by atoms with Crippen LogP contribution in [0.5, 0.6) is 11.5 Å². The molecule has 0 aliphatic carbocycles. The summed E-state index contributed by atoms with van der Waals surface area (Å²) in [5.74, 6) is -0.495. The highest BCUT2D eigenvalue weighted by Crippen LogP contribution is 2.27. The van der Waals surface area contributed by atoms with Gasteiger partial charge in [0.25, 0.3) is 5.56 Å². The van der Waals surface area contributed by atoms with Crippen LogP contribution in [0.3, 0.4) is 0 Å². The molecule has 0 radical (unpaired) electrons.